The molecule has 0 aliphatic heterocycles. The molecule has 0 fully saturated rings. The van der Waals surface area contributed by atoms with Crippen molar-refractivity contribution < 1.29 is 9.52 Å². The summed E-state index contributed by atoms with van der Waals surface area (Å²) in [6.45, 7) is 1.67. The van der Waals surface area contributed by atoms with Gasteiger partial charge in [0.2, 0.25) is 3.79 Å². The second kappa shape index (κ2) is 5.74. The van der Waals surface area contributed by atoms with E-state index in [1.54, 1.807) is 13.3 Å². The molecule has 2 N–H and O–H groups in total. The van der Waals surface area contributed by atoms with Gasteiger partial charge in [-0.2, -0.15) is 0 Å². The molecule has 3 nitrogen and oxygen atoms in total. The molecule has 1 aromatic carbocycles. The molecule has 20 heavy (non-hydrogen) atoms. The van der Waals surface area contributed by atoms with Crippen LogP contribution in [0.25, 0.3) is 11.0 Å². The monoisotopic (exact) mass is 335 g/mol. The van der Waals surface area contributed by atoms with Gasteiger partial charge in [0, 0.05) is 11.4 Å². The fourth-order valence-electron chi connectivity index (χ4n) is 2.41. The van der Waals surface area contributed by atoms with E-state index in [9.17, 15) is 5.11 Å². The topological polar surface area (TPSA) is 45.4 Å². The van der Waals surface area contributed by atoms with E-state index >= 15 is 0 Å². The molecule has 0 spiro atoms. The van der Waals surface area contributed by atoms with Gasteiger partial charge in [-0.05, 0) is 37.7 Å². The first-order chi connectivity index (χ1) is 9.34. The van der Waals surface area contributed by atoms with Gasteiger partial charge in [-0.15, -0.1) is 0 Å². The van der Waals surface area contributed by atoms with Crippen molar-refractivity contribution in [2.24, 2.45) is 0 Å². The smallest absolute Gasteiger partial charge is 0.201 e. The summed E-state index contributed by atoms with van der Waals surface area (Å²) in [7, 11) is 1.73. The average Bonchev–Trinajstić information content (AvgIpc) is 2.85. The lowest BCUT2D eigenvalue weighted by atomic mass is 9.77. The Hall–Kier alpha value is -0.450. The summed E-state index contributed by atoms with van der Waals surface area (Å²) in [4.78, 5) is 0. The third-order valence-corrected chi connectivity index (χ3v) is 5.05. The zero-order valence-electron chi connectivity index (χ0n) is 11.2. The standard InChI is InChI=1S/C14H16Cl3NO2/c1-13(14(15,16)17,12(8-19)18-2)10-3-4-11-9(7-10)5-6-20-11/h3-7,12,18-19H,8H2,1-2H3. The first-order valence-electron chi connectivity index (χ1n) is 6.17. The Labute approximate surface area is 132 Å². The number of rotatable bonds is 4. The van der Waals surface area contributed by atoms with Crippen LogP contribution in [0.3, 0.4) is 0 Å². The van der Waals surface area contributed by atoms with Crippen LogP contribution < -0.4 is 5.32 Å². The van der Waals surface area contributed by atoms with E-state index in [4.69, 9.17) is 39.2 Å². The SMILES string of the molecule is CNC(CO)C(C)(c1ccc2occc2c1)C(Cl)(Cl)Cl. The van der Waals surface area contributed by atoms with Crippen molar-refractivity contribution in [3.05, 3.63) is 36.1 Å². The van der Waals surface area contributed by atoms with Gasteiger partial charge in [0.05, 0.1) is 18.3 Å². The van der Waals surface area contributed by atoms with Crippen molar-refractivity contribution >= 4 is 45.8 Å². The Kier molecular flexibility index (Phi) is 4.57. The van der Waals surface area contributed by atoms with Crippen molar-refractivity contribution in [1.29, 1.82) is 0 Å². The molecule has 0 amide bonds. The van der Waals surface area contributed by atoms with Crippen molar-refractivity contribution in [1.82, 2.24) is 5.32 Å². The highest BCUT2D eigenvalue weighted by atomic mass is 35.6. The number of aliphatic hydroxyl groups is 1. The van der Waals surface area contributed by atoms with E-state index in [1.165, 1.54) is 0 Å². The lowest BCUT2D eigenvalue weighted by Gasteiger charge is -2.42. The molecule has 0 saturated carbocycles. The molecule has 0 aliphatic carbocycles. The average molecular weight is 337 g/mol. The summed E-state index contributed by atoms with van der Waals surface area (Å²) < 4.78 is 3.74. The normalized spacial score (nSPS) is 17.1. The van der Waals surface area contributed by atoms with E-state index in [1.807, 2.05) is 31.2 Å². The summed E-state index contributed by atoms with van der Waals surface area (Å²) in [5, 5.41) is 13.5. The molecule has 2 unspecified atom stereocenters. The molecule has 0 bridgehead atoms. The number of alkyl halides is 3. The van der Waals surface area contributed by atoms with Gasteiger partial charge in [-0.1, -0.05) is 40.9 Å². The number of fused-ring (bicyclic) bond motifs is 1. The van der Waals surface area contributed by atoms with Crippen molar-refractivity contribution in [2.75, 3.05) is 13.7 Å². The maximum Gasteiger partial charge on any atom is 0.201 e. The second-order valence-electron chi connectivity index (χ2n) is 4.90. The van der Waals surface area contributed by atoms with E-state index in [0.29, 0.717) is 0 Å². The van der Waals surface area contributed by atoms with Gasteiger partial charge in [0.25, 0.3) is 0 Å². The van der Waals surface area contributed by atoms with Gasteiger partial charge in [-0.25, -0.2) is 0 Å². The van der Waals surface area contributed by atoms with Gasteiger partial charge in [0.1, 0.15) is 5.58 Å². The molecule has 2 rings (SSSR count). The molecule has 2 aromatic rings. The summed E-state index contributed by atoms with van der Waals surface area (Å²) >= 11 is 18.6. The van der Waals surface area contributed by atoms with Crippen LogP contribution in [-0.4, -0.2) is 28.6 Å². The second-order valence-corrected chi connectivity index (χ2v) is 7.18. The first kappa shape index (κ1) is 15.9. The number of likely N-dealkylation sites (N-methyl/N-ethyl adjacent to an activating group) is 1. The van der Waals surface area contributed by atoms with E-state index in [2.05, 4.69) is 5.32 Å². The molecule has 0 saturated heterocycles. The number of nitrogens with one attached hydrogen (secondary N) is 1. The molecular formula is C14H16Cl3NO2. The number of hydrogen-bond acceptors (Lipinski definition) is 3. The highest BCUT2D eigenvalue weighted by Gasteiger charge is 2.50. The van der Waals surface area contributed by atoms with Crippen LogP contribution in [-0.2, 0) is 5.41 Å². The lowest BCUT2D eigenvalue weighted by Crippen LogP contribution is -2.55. The highest BCUT2D eigenvalue weighted by molar-refractivity contribution is 6.68. The molecule has 0 aliphatic rings. The Morgan fingerprint density at radius 1 is 1.30 bits per heavy atom. The predicted octanol–water partition coefficient (Wildman–Crippen LogP) is 3.64. The van der Waals surface area contributed by atoms with Gasteiger partial charge < -0.3 is 14.8 Å². The quantitative estimate of drug-likeness (QED) is 0.838. The van der Waals surface area contributed by atoms with Crippen molar-refractivity contribution in [2.45, 2.75) is 22.2 Å². The highest BCUT2D eigenvalue weighted by Crippen LogP contribution is 2.49. The zero-order valence-corrected chi connectivity index (χ0v) is 13.4. The Balaban J connectivity index is 2.61. The third-order valence-electron chi connectivity index (χ3n) is 3.87. The van der Waals surface area contributed by atoms with E-state index in [-0.39, 0.29) is 6.61 Å². The molecule has 110 valence electrons. The Bertz CT molecular complexity index is 589. The molecule has 0 radical (unpaired) electrons. The summed E-state index contributed by atoms with van der Waals surface area (Å²) in [5.74, 6) is 0. The fraction of sp³-hybridized carbons (Fsp3) is 0.429. The molecule has 6 heteroatoms. The fourth-order valence-corrected chi connectivity index (χ4v) is 3.14. The van der Waals surface area contributed by atoms with Crippen molar-refractivity contribution in [3.8, 4) is 0 Å². The molecular weight excluding hydrogens is 321 g/mol. The number of furan rings is 1. The number of hydrogen-bond donors (Lipinski definition) is 2. The number of halogens is 3. The summed E-state index contributed by atoms with van der Waals surface area (Å²) in [5.41, 5.74) is 0.692. The Morgan fingerprint density at radius 2 is 2.00 bits per heavy atom. The number of aliphatic hydroxyl groups excluding tert-OH is 1. The molecule has 1 aromatic heterocycles. The zero-order chi connectivity index (χ0) is 15.0. The molecule has 1 heterocycles. The van der Waals surface area contributed by atoms with Crippen LogP contribution in [0.1, 0.15) is 12.5 Å². The largest absolute Gasteiger partial charge is 0.464 e. The van der Waals surface area contributed by atoms with E-state index in [0.717, 1.165) is 16.5 Å². The minimum absolute atomic E-state index is 0.148. The van der Waals surface area contributed by atoms with Crippen LogP contribution in [0, 0.1) is 0 Å². The third kappa shape index (κ3) is 2.53. The maximum absolute atomic E-state index is 9.60. The first-order valence-corrected chi connectivity index (χ1v) is 7.30. The summed E-state index contributed by atoms with van der Waals surface area (Å²) in [6.07, 6.45) is 1.61. The van der Waals surface area contributed by atoms with Gasteiger partial charge in [-0.3, -0.25) is 0 Å². The van der Waals surface area contributed by atoms with Crippen LogP contribution >= 0.6 is 34.8 Å². The molecule has 2 atom stereocenters. The van der Waals surface area contributed by atoms with Gasteiger partial charge >= 0.3 is 0 Å². The van der Waals surface area contributed by atoms with Crippen molar-refractivity contribution in [3.63, 3.8) is 0 Å². The van der Waals surface area contributed by atoms with Crippen LogP contribution in [0.4, 0.5) is 0 Å². The predicted molar refractivity (Wildman–Crippen MR) is 83.8 cm³/mol. The minimum atomic E-state index is -1.58. The summed E-state index contributed by atoms with van der Waals surface area (Å²) in [6, 6.07) is 7.06. The van der Waals surface area contributed by atoms with Crippen LogP contribution in [0.15, 0.2) is 34.9 Å². The van der Waals surface area contributed by atoms with E-state index < -0.39 is 15.2 Å². The number of benzene rings is 1. The Morgan fingerprint density at radius 3 is 2.55 bits per heavy atom. The van der Waals surface area contributed by atoms with Crippen LogP contribution in [0.2, 0.25) is 0 Å². The minimum Gasteiger partial charge on any atom is -0.464 e. The van der Waals surface area contributed by atoms with Crippen LogP contribution in [0.5, 0.6) is 0 Å². The van der Waals surface area contributed by atoms with Gasteiger partial charge in [0.15, 0.2) is 0 Å². The lowest BCUT2D eigenvalue weighted by molar-refractivity contribution is 0.190. The maximum atomic E-state index is 9.60.